The second-order valence-electron chi connectivity index (χ2n) is 3.72. The standard InChI is InChI=1S/C11H19NO4/c13-11(14)9-7-5-3-1-2-4-6-8-10-12(15)16/h8,10H,1-7,9H2,(H,13,14)/b10-8+. The summed E-state index contributed by atoms with van der Waals surface area (Å²) in [7, 11) is 0. The van der Waals surface area contributed by atoms with Crippen molar-refractivity contribution in [3.63, 3.8) is 0 Å². The van der Waals surface area contributed by atoms with Crippen molar-refractivity contribution < 1.29 is 14.8 Å². The van der Waals surface area contributed by atoms with Crippen LogP contribution in [0.25, 0.3) is 0 Å². The molecule has 0 radical (unpaired) electrons. The highest BCUT2D eigenvalue weighted by Gasteiger charge is 1.96. The summed E-state index contributed by atoms with van der Waals surface area (Å²) in [5.41, 5.74) is 0. The monoisotopic (exact) mass is 229 g/mol. The van der Waals surface area contributed by atoms with E-state index < -0.39 is 10.9 Å². The van der Waals surface area contributed by atoms with Gasteiger partial charge in [-0.1, -0.05) is 25.7 Å². The first-order chi connectivity index (χ1) is 7.63. The quantitative estimate of drug-likeness (QED) is 0.354. The molecular formula is C11H19NO4. The number of unbranched alkanes of at least 4 members (excludes halogenated alkanes) is 6. The molecule has 0 heterocycles. The Balaban J connectivity index is 3.10. The third-order valence-electron chi connectivity index (χ3n) is 2.24. The largest absolute Gasteiger partial charge is 0.481 e. The lowest BCUT2D eigenvalue weighted by atomic mass is 10.1. The van der Waals surface area contributed by atoms with E-state index in [0.29, 0.717) is 0 Å². The molecule has 16 heavy (non-hydrogen) atoms. The molecule has 0 aromatic heterocycles. The summed E-state index contributed by atoms with van der Waals surface area (Å²) in [5, 5.41) is 18.3. The van der Waals surface area contributed by atoms with E-state index in [1.807, 2.05) is 0 Å². The van der Waals surface area contributed by atoms with Gasteiger partial charge in [0.2, 0.25) is 6.20 Å². The number of hydrogen-bond donors (Lipinski definition) is 1. The van der Waals surface area contributed by atoms with Crippen LogP contribution in [-0.4, -0.2) is 16.0 Å². The van der Waals surface area contributed by atoms with Gasteiger partial charge in [-0.2, -0.15) is 0 Å². The molecule has 0 aromatic rings. The minimum atomic E-state index is -0.732. The second-order valence-corrected chi connectivity index (χ2v) is 3.72. The van der Waals surface area contributed by atoms with E-state index in [1.54, 1.807) is 6.08 Å². The number of carboxylic acids is 1. The molecule has 1 N–H and O–H groups in total. The Morgan fingerprint density at radius 3 is 2.25 bits per heavy atom. The Labute approximate surface area is 95.3 Å². The van der Waals surface area contributed by atoms with Gasteiger partial charge in [-0.05, 0) is 25.3 Å². The van der Waals surface area contributed by atoms with Crippen LogP contribution in [-0.2, 0) is 4.79 Å². The molecule has 0 rings (SSSR count). The number of carboxylic acid groups (broad SMARTS) is 1. The summed E-state index contributed by atoms with van der Waals surface area (Å²) >= 11 is 0. The van der Waals surface area contributed by atoms with Crippen molar-refractivity contribution >= 4 is 5.97 Å². The van der Waals surface area contributed by atoms with E-state index in [0.717, 1.165) is 51.1 Å². The van der Waals surface area contributed by atoms with Gasteiger partial charge in [-0.25, -0.2) is 0 Å². The molecule has 0 unspecified atom stereocenters. The number of rotatable bonds is 10. The molecule has 0 amide bonds. The predicted octanol–water partition coefficient (Wildman–Crippen LogP) is 2.98. The zero-order chi connectivity index (χ0) is 12.2. The van der Waals surface area contributed by atoms with E-state index in [4.69, 9.17) is 5.11 Å². The number of allylic oxidation sites excluding steroid dienone is 1. The maximum Gasteiger partial charge on any atom is 0.303 e. The fourth-order valence-corrected chi connectivity index (χ4v) is 1.41. The van der Waals surface area contributed by atoms with Gasteiger partial charge in [-0.15, -0.1) is 0 Å². The third-order valence-corrected chi connectivity index (χ3v) is 2.24. The highest BCUT2D eigenvalue weighted by Crippen LogP contribution is 2.08. The molecule has 5 nitrogen and oxygen atoms in total. The van der Waals surface area contributed by atoms with Crippen LogP contribution in [0.4, 0.5) is 0 Å². The molecule has 92 valence electrons. The lowest BCUT2D eigenvalue weighted by Crippen LogP contribution is -1.93. The Bertz CT molecular complexity index is 238. The van der Waals surface area contributed by atoms with Gasteiger partial charge in [-0.3, -0.25) is 14.9 Å². The molecular weight excluding hydrogens is 210 g/mol. The molecule has 0 aliphatic carbocycles. The SMILES string of the molecule is O=C(O)CCCCCCCC/C=C/[N+](=O)[O-]. The Kier molecular flexibility index (Phi) is 9.26. The van der Waals surface area contributed by atoms with Crippen LogP contribution < -0.4 is 0 Å². The van der Waals surface area contributed by atoms with Crippen molar-refractivity contribution in [2.45, 2.75) is 51.4 Å². The lowest BCUT2D eigenvalue weighted by molar-refractivity contribution is -0.402. The molecule has 0 aliphatic rings. The van der Waals surface area contributed by atoms with Gasteiger partial charge in [0.15, 0.2) is 0 Å². The van der Waals surface area contributed by atoms with E-state index in [2.05, 4.69) is 0 Å². The molecule has 0 aromatic carbocycles. The summed E-state index contributed by atoms with van der Waals surface area (Å²) in [6.07, 6.45) is 9.39. The number of carbonyl (C=O) groups is 1. The number of aliphatic carboxylic acids is 1. The van der Waals surface area contributed by atoms with Crippen LogP contribution in [0.1, 0.15) is 51.4 Å². The minimum absolute atomic E-state index is 0.256. The molecule has 0 fully saturated rings. The first-order valence-corrected chi connectivity index (χ1v) is 5.65. The van der Waals surface area contributed by atoms with Gasteiger partial charge in [0.25, 0.3) is 0 Å². The van der Waals surface area contributed by atoms with E-state index in [-0.39, 0.29) is 6.42 Å². The van der Waals surface area contributed by atoms with Crippen LogP contribution in [0.3, 0.4) is 0 Å². The first-order valence-electron chi connectivity index (χ1n) is 5.65. The van der Waals surface area contributed by atoms with Crippen LogP contribution in [0, 0.1) is 10.1 Å². The van der Waals surface area contributed by atoms with Gasteiger partial charge >= 0.3 is 5.97 Å². The third kappa shape index (κ3) is 12.6. The fourth-order valence-electron chi connectivity index (χ4n) is 1.41. The fraction of sp³-hybridized carbons (Fsp3) is 0.727. The highest BCUT2D eigenvalue weighted by molar-refractivity contribution is 5.66. The van der Waals surface area contributed by atoms with Gasteiger partial charge in [0.1, 0.15) is 0 Å². The van der Waals surface area contributed by atoms with E-state index in [1.165, 1.54) is 0 Å². The lowest BCUT2D eigenvalue weighted by Gasteiger charge is -1.98. The normalized spacial score (nSPS) is 10.8. The van der Waals surface area contributed by atoms with Crippen molar-refractivity contribution in [2.24, 2.45) is 0 Å². The molecule has 0 aliphatic heterocycles. The van der Waals surface area contributed by atoms with Crippen LogP contribution in [0.15, 0.2) is 12.3 Å². The van der Waals surface area contributed by atoms with Gasteiger partial charge < -0.3 is 5.11 Å². The number of nitro groups is 1. The summed E-state index contributed by atoms with van der Waals surface area (Å²) < 4.78 is 0. The van der Waals surface area contributed by atoms with Crippen molar-refractivity contribution in [3.05, 3.63) is 22.4 Å². The first kappa shape index (κ1) is 14.6. The van der Waals surface area contributed by atoms with Crippen molar-refractivity contribution in [2.75, 3.05) is 0 Å². The average molecular weight is 229 g/mol. The maximum atomic E-state index is 10.2. The maximum absolute atomic E-state index is 10.2. The van der Waals surface area contributed by atoms with Gasteiger partial charge in [0, 0.05) is 6.42 Å². The Morgan fingerprint density at radius 2 is 1.69 bits per heavy atom. The minimum Gasteiger partial charge on any atom is -0.481 e. The van der Waals surface area contributed by atoms with Gasteiger partial charge in [0.05, 0.1) is 4.92 Å². The Hall–Kier alpha value is -1.39. The Morgan fingerprint density at radius 1 is 1.12 bits per heavy atom. The second kappa shape index (κ2) is 10.1. The molecule has 5 heteroatoms. The van der Waals surface area contributed by atoms with Crippen molar-refractivity contribution in [1.29, 1.82) is 0 Å². The van der Waals surface area contributed by atoms with E-state index in [9.17, 15) is 14.9 Å². The van der Waals surface area contributed by atoms with Crippen molar-refractivity contribution in [1.82, 2.24) is 0 Å². The van der Waals surface area contributed by atoms with Crippen LogP contribution >= 0.6 is 0 Å². The molecule has 0 spiro atoms. The topological polar surface area (TPSA) is 80.4 Å². The highest BCUT2D eigenvalue weighted by atomic mass is 16.6. The zero-order valence-electron chi connectivity index (χ0n) is 9.43. The molecule has 0 saturated carbocycles. The molecule has 0 saturated heterocycles. The predicted molar refractivity (Wildman–Crippen MR) is 60.7 cm³/mol. The molecule has 0 bridgehead atoms. The number of nitrogens with zero attached hydrogens (tertiary/aromatic N) is 1. The summed E-state index contributed by atoms with van der Waals surface area (Å²) in [6.45, 7) is 0. The number of hydrogen-bond acceptors (Lipinski definition) is 3. The van der Waals surface area contributed by atoms with Crippen LogP contribution in [0.2, 0.25) is 0 Å². The summed E-state index contributed by atoms with van der Waals surface area (Å²) in [5.74, 6) is -0.732. The zero-order valence-corrected chi connectivity index (χ0v) is 9.43. The summed E-state index contributed by atoms with van der Waals surface area (Å²) in [4.78, 5) is 19.7. The average Bonchev–Trinajstić information content (AvgIpc) is 2.20. The van der Waals surface area contributed by atoms with Crippen molar-refractivity contribution in [3.8, 4) is 0 Å². The van der Waals surface area contributed by atoms with Crippen LogP contribution in [0.5, 0.6) is 0 Å². The van der Waals surface area contributed by atoms with E-state index >= 15 is 0 Å². The smallest absolute Gasteiger partial charge is 0.303 e. The summed E-state index contributed by atoms with van der Waals surface area (Å²) in [6, 6.07) is 0. The molecule has 0 atom stereocenters.